The van der Waals surface area contributed by atoms with Crippen molar-refractivity contribution in [3.05, 3.63) is 220 Å². The van der Waals surface area contributed by atoms with Crippen LogP contribution < -0.4 is 4.90 Å². The lowest BCUT2D eigenvalue weighted by molar-refractivity contribution is 0.660. The van der Waals surface area contributed by atoms with Crippen LogP contribution in [0.2, 0.25) is 5.02 Å². The molecule has 0 unspecified atom stereocenters. The molecule has 9 aromatic rings. The SMILES string of the molecule is CC1(C)c2ccccc2-c2cc(N(c3ccc4c(c3)-c3ccccc3C4(c3ccccc3)c3ccccc3)c3ccc4c(c3)sc3cccc(Cl)c34)ccc21. The Kier molecular flexibility index (Phi) is 7.11. The van der Waals surface area contributed by atoms with Crippen molar-refractivity contribution >= 4 is 60.2 Å². The van der Waals surface area contributed by atoms with Gasteiger partial charge in [0.2, 0.25) is 0 Å². The minimum atomic E-state index is -0.448. The number of benzene rings is 8. The van der Waals surface area contributed by atoms with Crippen molar-refractivity contribution in [3.63, 3.8) is 0 Å². The predicted octanol–water partition coefficient (Wildman–Crippen LogP) is 14.8. The van der Waals surface area contributed by atoms with Gasteiger partial charge in [-0.25, -0.2) is 0 Å². The van der Waals surface area contributed by atoms with Crippen LogP contribution in [0.1, 0.15) is 47.2 Å². The summed E-state index contributed by atoms with van der Waals surface area (Å²) in [7, 11) is 0. The average molecular weight is 742 g/mol. The first-order valence-corrected chi connectivity index (χ1v) is 20.1. The number of nitrogens with zero attached hydrogens (tertiary/aromatic N) is 1. The Hall–Kier alpha value is -5.93. The molecule has 11 rings (SSSR count). The van der Waals surface area contributed by atoms with Crippen LogP contribution in [0, 0.1) is 0 Å². The van der Waals surface area contributed by atoms with Crippen LogP contribution in [0.4, 0.5) is 17.1 Å². The molecule has 0 radical (unpaired) electrons. The standard InChI is InChI=1S/C52H36ClNS/c1-51(2)43-20-11-9-18-38(43)41-30-35(25-28-44(41)51)54(37-24-27-40-49(32-37)55-48-23-13-22-47(53)50(40)48)36-26-29-46-42(31-36)39-19-10-12-21-45(39)52(46,33-14-5-3-6-15-33)34-16-7-4-8-17-34/h3-32H,1-2H3. The topological polar surface area (TPSA) is 3.24 Å². The van der Waals surface area contributed by atoms with Gasteiger partial charge in [-0.15, -0.1) is 11.3 Å². The van der Waals surface area contributed by atoms with E-state index in [2.05, 4.69) is 189 Å². The van der Waals surface area contributed by atoms with E-state index in [1.807, 2.05) is 12.1 Å². The summed E-state index contributed by atoms with van der Waals surface area (Å²) in [5, 5.41) is 3.12. The van der Waals surface area contributed by atoms with Crippen molar-refractivity contribution in [1.82, 2.24) is 0 Å². The molecule has 1 heterocycles. The third-order valence-corrected chi connectivity index (χ3v) is 13.6. The zero-order chi connectivity index (χ0) is 36.9. The Morgan fingerprint density at radius 2 is 0.945 bits per heavy atom. The van der Waals surface area contributed by atoms with E-state index in [0.717, 1.165) is 27.5 Å². The Bertz CT molecular complexity index is 2940. The van der Waals surface area contributed by atoms with Gasteiger partial charge in [-0.3, -0.25) is 0 Å². The van der Waals surface area contributed by atoms with Gasteiger partial charge in [-0.1, -0.05) is 159 Å². The number of thiophene rings is 1. The van der Waals surface area contributed by atoms with Crippen molar-refractivity contribution in [2.24, 2.45) is 0 Å². The Morgan fingerprint density at radius 1 is 0.436 bits per heavy atom. The molecule has 3 heteroatoms. The summed E-state index contributed by atoms with van der Waals surface area (Å²) in [4.78, 5) is 2.45. The van der Waals surface area contributed by atoms with Gasteiger partial charge in [0.25, 0.3) is 0 Å². The smallest absolute Gasteiger partial charge is 0.0713 e. The summed E-state index contributed by atoms with van der Waals surface area (Å²) in [5.74, 6) is 0. The van der Waals surface area contributed by atoms with Crippen LogP contribution >= 0.6 is 22.9 Å². The van der Waals surface area contributed by atoms with Crippen molar-refractivity contribution < 1.29 is 0 Å². The van der Waals surface area contributed by atoms with Crippen LogP contribution in [0.5, 0.6) is 0 Å². The van der Waals surface area contributed by atoms with Gasteiger partial charge in [0.05, 0.1) is 5.41 Å². The Labute approximate surface area is 330 Å². The van der Waals surface area contributed by atoms with Crippen molar-refractivity contribution in [3.8, 4) is 22.3 Å². The van der Waals surface area contributed by atoms with E-state index in [1.54, 1.807) is 11.3 Å². The third-order valence-electron chi connectivity index (χ3n) is 12.2. The maximum Gasteiger partial charge on any atom is 0.0713 e. The number of fused-ring (bicyclic) bond motifs is 9. The molecule has 1 nitrogen and oxygen atoms in total. The summed E-state index contributed by atoms with van der Waals surface area (Å²) >= 11 is 8.60. The Balaban J connectivity index is 1.17. The molecule has 262 valence electrons. The molecule has 0 fully saturated rings. The lowest BCUT2D eigenvalue weighted by Crippen LogP contribution is -2.28. The quantitative estimate of drug-likeness (QED) is 0.170. The lowest BCUT2D eigenvalue weighted by Gasteiger charge is -2.34. The minimum Gasteiger partial charge on any atom is -0.310 e. The van der Waals surface area contributed by atoms with Gasteiger partial charge in [-0.05, 0) is 104 Å². The molecule has 2 aliphatic carbocycles. The molecule has 8 aromatic carbocycles. The number of halogens is 1. The van der Waals surface area contributed by atoms with E-state index in [1.165, 1.54) is 70.4 Å². The molecule has 0 bridgehead atoms. The van der Waals surface area contributed by atoms with Crippen LogP contribution in [0.15, 0.2) is 182 Å². The first-order valence-electron chi connectivity index (χ1n) is 19.0. The molecular weight excluding hydrogens is 706 g/mol. The molecule has 0 saturated heterocycles. The van der Waals surface area contributed by atoms with E-state index in [4.69, 9.17) is 11.6 Å². The molecule has 0 saturated carbocycles. The first kappa shape index (κ1) is 32.5. The second-order valence-corrected chi connectivity index (χ2v) is 16.9. The number of hydrogen-bond donors (Lipinski definition) is 0. The fourth-order valence-electron chi connectivity index (χ4n) is 9.78. The highest BCUT2D eigenvalue weighted by Crippen LogP contribution is 2.58. The highest BCUT2D eigenvalue weighted by molar-refractivity contribution is 7.26. The predicted molar refractivity (Wildman–Crippen MR) is 234 cm³/mol. The van der Waals surface area contributed by atoms with E-state index < -0.39 is 5.41 Å². The normalized spacial score (nSPS) is 14.4. The van der Waals surface area contributed by atoms with Crippen LogP contribution in [-0.2, 0) is 10.8 Å². The number of rotatable bonds is 5. The second-order valence-electron chi connectivity index (χ2n) is 15.4. The zero-order valence-corrected chi connectivity index (χ0v) is 32.1. The summed E-state index contributed by atoms with van der Waals surface area (Å²) < 4.78 is 2.42. The molecule has 1 aromatic heterocycles. The first-order chi connectivity index (χ1) is 26.9. The van der Waals surface area contributed by atoms with Crippen molar-refractivity contribution in [2.45, 2.75) is 24.7 Å². The van der Waals surface area contributed by atoms with Crippen molar-refractivity contribution in [1.29, 1.82) is 0 Å². The highest BCUT2D eigenvalue weighted by atomic mass is 35.5. The van der Waals surface area contributed by atoms with Crippen LogP contribution in [0.3, 0.4) is 0 Å². The largest absolute Gasteiger partial charge is 0.310 e. The molecule has 2 aliphatic rings. The van der Waals surface area contributed by atoms with Gasteiger partial charge >= 0.3 is 0 Å². The van der Waals surface area contributed by atoms with E-state index in [9.17, 15) is 0 Å². The van der Waals surface area contributed by atoms with E-state index >= 15 is 0 Å². The fourth-order valence-corrected chi connectivity index (χ4v) is 11.3. The van der Waals surface area contributed by atoms with E-state index in [0.29, 0.717) is 0 Å². The molecule has 0 spiro atoms. The molecule has 0 aliphatic heterocycles. The van der Waals surface area contributed by atoms with Gasteiger partial charge in [0.15, 0.2) is 0 Å². The number of hydrogen-bond acceptors (Lipinski definition) is 2. The number of anilines is 3. The van der Waals surface area contributed by atoms with Crippen LogP contribution in [-0.4, -0.2) is 0 Å². The summed E-state index contributed by atoms with van der Waals surface area (Å²) in [6, 6.07) is 67.3. The maximum atomic E-state index is 6.79. The molecule has 0 amide bonds. The highest BCUT2D eigenvalue weighted by Gasteiger charge is 2.46. The van der Waals surface area contributed by atoms with Gasteiger partial charge in [0, 0.05) is 47.7 Å². The summed E-state index contributed by atoms with van der Waals surface area (Å²) in [5.41, 5.74) is 15.9. The molecular formula is C52H36ClNS. The second kappa shape index (κ2) is 12.0. The van der Waals surface area contributed by atoms with Crippen LogP contribution in [0.25, 0.3) is 42.4 Å². The maximum absolute atomic E-state index is 6.79. The Morgan fingerprint density at radius 3 is 1.64 bits per heavy atom. The minimum absolute atomic E-state index is 0.0694. The fraction of sp³-hybridized carbons (Fsp3) is 0.0769. The van der Waals surface area contributed by atoms with E-state index in [-0.39, 0.29) is 5.41 Å². The molecule has 0 atom stereocenters. The zero-order valence-electron chi connectivity index (χ0n) is 30.6. The van der Waals surface area contributed by atoms with Crippen molar-refractivity contribution in [2.75, 3.05) is 4.90 Å². The van der Waals surface area contributed by atoms with Gasteiger partial charge < -0.3 is 4.90 Å². The monoisotopic (exact) mass is 741 g/mol. The lowest BCUT2D eigenvalue weighted by atomic mass is 9.68. The summed E-state index contributed by atoms with van der Waals surface area (Å²) in [6.07, 6.45) is 0. The molecule has 0 N–H and O–H groups in total. The average Bonchev–Trinajstić information content (AvgIpc) is 3.83. The molecule has 55 heavy (non-hydrogen) atoms. The van der Waals surface area contributed by atoms with Gasteiger partial charge in [-0.2, -0.15) is 0 Å². The summed E-state index contributed by atoms with van der Waals surface area (Å²) in [6.45, 7) is 4.69. The third kappa shape index (κ3) is 4.59. The van der Waals surface area contributed by atoms with Gasteiger partial charge in [0.1, 0.15) is 0 Å².